The molecule has 9 nitrogen and oxygen atoms in total. The number of aryl methyl sites for hydroxylation is 5. The molecular formula is C37H28F3N3O6S3. The first-order chi connectivity index (χ1) is 24.8. The monoisotopic (exact) mass is 763 g/mol. The standard InChI is InChI=1S/C37H28F3N3O6S3/c1-19-41-28(34(44)45)31(50-19)22-11-8-20(9-12-22)4-3-7-26-42-30(36(48)49)33(51-26)24-6-2-5-21(18-24)10-17-27-43-29(35(46)47)32(52-27)23-13-15-25(16-14-23)37(38,39)40/h2,5-6,8-9,11-16,18H,3-4,7,10,17H2,1H3,(H,44,45)(H,46,47)(H,48,49). The van der Waals surface area contributed by atoms with Crippen LogP contribution in [0.2, 0.25) is 0 Å². The molecule has 6 rings (SSSR count). The fourth-order valence-corrected chi connectivity index (χ4v) is 8.66. The molecule has 0 radical (unpaired) electrons. The van der Waals surface area contributed by atoms with Crippen molar-refractivity contribution in [3.05, 3.63) is 122 Å². The number of halogens is 3. The number of rotatable bonds is 13. The number of thiazole rings is 3. The molecule has 3 aromatic carbocycles. The predicted molar refractivity (Wildman–Crippen MR) is 193 cm³/mol. The van der Waals surface area contributed by atoms with Crippen molar-refractivity contribution in [3.63, 3.8) is 0 Å². The first-order valence-electron chi connectivity index (χ1n) is 15.8. The van der Waals surface area contributed by atoms with Gasteiger partial charge in [0.05, 0.1) is 35.2 Å². The first-order valence-corrected chi connectivity index (χ1v) is 18.2. The second kappa shape index (κ2) is 15.2. The number of nitrogens with zero attached hydrogens (tertiary/aromatic N) is 3. The van der Waals surface area contributed by atoms with Crippen LogP contribution in [0.15, 0.2) is 72.8 Å². The molecule has 15 heteroatoms. The number of carboxylic acid groups (broad SMARTS) is 3. The highest BCUT2D eigenvalue weighted by Gasteiger charge is 2.30. The lowest BCUT2D eigenvalue weighted by atomic mass is 10.0. The molecule has 6 aromatic rings. The van der Waals surface area contributed by atoms with Crippen molar-refractivity contribution in [2.75, 3.05) is 0 Å². The van der Waals surface area contributed by atoms with Crippen molar-refractivity contribution in [1.82, 2.24) is 15.0 Å². The van der Waals surface area contributed by atoms with Gasteiger partial charge in [0.2, 0.25) is 0 Å². The third kappa shape index (κ3) is 8.27. The Labute approximate surface area is 306 Å². The molecule has 3 heterocycles. The van der Waals surface area contributed by atoms with Gasteiger partial charge in [-0.2, -0.15) is 13.2 Å². The number of hydrogen-bond donors (Lipinski definition) is 3. The van der Waals surface area contributed by atoms with Crippen molar-refractivity contribution >= 4 is 51.9 Å². The highest BCUT2D eigenvalue weighted by atomic mass is 32.1. The molecule has 0 atom stereocenters. The quantitative estimate of drug-likeness (QED) is 0.105. The van der Waals surface area contributed by atoms with Gasteiger partial charge < -0.3 is 15.3 Å². The smallest absolute Gasteiger partial charge is 0.416 e. The number of carboxylic acids is 3. The van der Waals surface area contributed by atoms with E-state index < -0.39 is 29.6 Å². The predicted octanol–water partition coefficient (Wildman–Crippen LogP) is 9.44. The van der Waals surface area contributed by atoms with Crippen LogP contribution < -0.4 is 0 Å². The van der Waals surface area contributed by atoms with E-state index in [1.807, 2.05) is 48.5 Å². The summed E-state index contributed by atoms with van der Waals surface area (Å²) in [6.45, 7) is 1.77. The summed E-state index contributed by atoms with van der Waals surface area (Å²) in [6.07, 6.45) is -1.71. The van der Waals surface area contributed by atoms with E-state index in [0.29, 0.717) is 68.0 Å². The van der Waals surface area contributed by atoms with Gasteiger partial charge >= 0.3 is 24.1 Å². The average Bonchev–Trinajstić information content (AvgIpc) is 3.85. The summed E-state index contributed by atoms with van der Waals surface area (Å²) in [4.78, 5) is 49.9. The first kappa shape index (κ1) is 36.5. The normalized spacial score (nSPS) is 11.5. The molecule has 0 spiro atoms. The summed E-state index contributed by atoms with van der Waals surface area (Å²) >= 11 is 3.75. The van der Waals surface area contributed by atoms with E-state index >= 15 is 0 Å². The van der Waals surface area contributed by atoms with E-state index in [1.54, 1.807) is 6.92 Å². The Balaban J connectivity index is 1.12. The average molecular weight is 764 g/mol. The van der Waals surface area contributed by atoms with Crippen molar-refractivity contribution in [1.29, 1.82) is 0 Å². The molecule has 0 aliphatic carbocycles. The number of aromatic carboxylic acids is 3. The van der Waals surface area contributed by atoms with Crippen LogP contribution in [0.3, 0.4) is 0 Å². The fraction of sp³-hybridized carbons (Fsp3) is 0.189. The zero-order valence-electron chi connectivity index (χ0n) is 27.2. The third-order valence-corrected chi connectivity index (χ3v) is 11.4. The van der Waals surface area contributed by atoms with Gasteiger partial charge in [0, 0.05) is 6.42 Å². The van der Waals surface area contributed by atoms with Crippen LogP contribution in [0.25, 0.3) is 31.3 Å². The van der Waals surface area contributed by atoms with Crippen LogP contribution in [0, 0.1) is 6.92 Å². The minimum atomic E-state index is -4.51. The van der Waals surface area contributed by atoms with Gasteiger partial charge in [-0.1, -0.05) is 60.7 Å². The van der Waals surface area contributed by atoms with Crippen molar-refractivity contribution < 1.29 is 42.9 Å². The van der Waals surface area contributed by atoms with Crippen LogP contribution in [0.1, 0.15) is 69.6 Å². The minimum Gasteiger partial charge on any atom is -0.476 e. The molecule has 0 aliphatic heterocycles. The maximum absolute atomic E-state index is 13.0. The summed E-state index contributed by atoms with van der Waals surface area (Å²) in [7, 11) is 0. The van der Waals surface area contributed by atoms with Gasteiger partial charge in [-0.15, -0.1) is 34.0 Å². The second-order valence-corrected chi connectivity index (χ2v) is 15.1. The van der Waals surface area contributed by atoms with Crippen LogP contribution in [0.5, 0.6) is 0 Å². The zero-order valence-corrected chi connectivity index (χ0v) is 29.7. The summed E-state index contributed by atoms with van der Waals surface area (Å²) in [5.41, 5.74) is 2.64. The molecule has 52 heavy (non-hydrogen) atoms. The molecular weight excluding hydrogens is 736 g/mol. The minimum absolute atomic E-state index is 0.0388. The van der Waals surface area contributed by atoms with Crippen LogP contribution in [0.4, 0.5) is 13.2 Å². The van der Waals surface area contributed by atoms with E-state index in [0.717, 1.165) is 40.2 Å². The third-order valence-electron chi connectivity index (χ3n) is 8.05. The van der Waals surface area contributed by atoms with Crippen LogP contribution in [-0.4, -0.2) is 48.2 Å². The number of benzene rings is 3. The lowest BCUT2D eigenvalue weighted by Crippen LogP contribution is -2.04. The molecule has 0 fully saturated rings. The molecule has 0 saturated carbocycles. The summed E-state index contributed by atoms with van der Waals surface area (Å²) in [5, 5.41) is 31.0. The Morgan fingerprint density at radius 1 is 0.596 bits per heavy atom. The van der Waals surface area contributed by atoms with Gasteiger partial charge in [-0.25, -0.2) is 29.3 Å². The highest BCUT2D eigenvalue weighted by molar-refractivity contribution is 7.16. The van der Waals surface area contributed by atoms with Crippen LogP contribution >= 0.6 is 34.0 Å². The Morgan fingerprint density at radius 3 is 1.69 bits per heavy atom. The fourth-order valence-electron chi connectivity index (χ4n) is 5.59. The summed E-state index contributed by atoms with van der Waals surface area (Å²) < 4.78 is 39.1. The van der Waals surface area contributed by atoms with Gasteiger partial charge in [-0.3, -0.25) is 0 Å². The van der Waals surface area contributed by atoms with E-state index in [4.69, 9.17) is 0 Å². The maximum atomic E-state index is 13.0. The molecule has 0 saturated heterocycles. The van der Waals surface area contributed by atoms with Gasteiger partial charge in [0.1, 0.15) is 0 Å². The molecule has 0 unspecified atom stereocenters. The SMILES string of the molecule is Cc1nc(C(=O)O)c(-c2ccc(CCCc3nc(C(=O)O)c(-c4cccc(CCc5nc(C(=O)O)c(-c6ccc(C(F)(F)F)cc6)s5)c4)s3)cc2)s1. The molecule has 0 amide bonds. The summed E-state index contributed by atoms with van der Waals surface area (Å²) in [5.74, 6) is -3.49. The van der Waals surface area contributed by atoms with E-state index in [2.05, 4.69) is 15.0 Å². The number of alkyl halides is 3. The number of carbonyl (C=O) groups is 3. The Kier molecular flexibility index (Phi) is 10.6. The molecule has 0 bridgehead atoms. The number of aromatic nitrogens is 3. The van der Waals surface area contributed by atoms with E-state index in [1.165, 1.54) is 34.8 Å². The van der Waals surface area contributed by atoms with E-state index in [-0.39, 0.29) is 22.0 Å². The van der Waals surface area contributed by atoms with Crippen LogP contribution in [-0.2, 0) is 31.9 Å². The zero-order chi connectivity index (χ0) is 37.2. The molecule has 3 aromatic heterocycles. The Hall–Kier alpha value is -5.25. The Bertz CT molecular complexity index is 2280. The molecule has 3 N–H and O–H groups in total. The topological polar surface area (TPSA) is 151 Å². The van der Waals surface area contributed by atoms with Gasteiger partial charge in [0.15, 0.2) is 17.1 Å². The van der Waals surface area contributed by atoms with Crippen molar-refractivity contribution in [2.24, 2.45) is 0 Å². The lowest BCUT2D eigenvalue weighted by Gasteiger charge is -2.07. The summed E-state index contributed by atoms with van der Waals surface area (Å²) in [6, 6.07) is 19.3. The second-order valence-electron chi connectivity index (χ2n) is 11.7. The van der Waals surface area contributed by atoms with E-state index in [9.17, 15) is 42.9 Å². The van der Waals surface area contributed by atoms with Crippen molar-refractivity contribution in [3.8, 4) is 31.3 Å². The Morgan fingerprint density at radius 2 is 1.12 bits per heavy atom. The molecule has 266 valence electrons. The molecule has 0 aliphatic rings. The van der Waals surface area contributed by atoms with Gasteiger partial charge in [-0.05, 0) is 72.6 Å². The highest BCUT2D eigenvalue weighted by Crippen LogP contribution is 2.36. The lowest BCUT2D eigenvalue weighted by molar-refractivity contribution is -0.137. The number of hydrogen-bond acceptors (Lipinski definition) is 9. The maximum Gasteiger partial charge on any atom is 0.416 e. The van der Waals surface area contributed by atoms with Crippen molar-refractivity contribution in [2.45, 2.75) is 45.2 Å². The largest absolute Gasteiger partial charge is 0.476 e. The van der Waals surface area contributed by atoms with Gasteiger partial charge in [0.25, 0.3) is 0 Å².